The third kappa shape index (κ3) is 5.32. The van der Waals surface area contributed by atoms with Gasteiger partial charge in [0.05, 0.1) is 26.4 Å². The van der Waals surface area contributed by atoms with Gasteiger partial charge in [0, 0.05) is 13.3 Å². The Kier molecular flexibility index (Phi) is 6.88. The fraction of sp³-hybridized carbons (Fsp3) is 0.545. The van der Waals surface area contributed by atoms with Crippen molar-refractivity contribution in [1.29, 1.82) is 0 Å². The van der Waals surface area contributed by atoms with Crippen LogP contribution in [-0.2, 0) is 16.1 Å². The van der Waals surface area contributed by atoms with Crippen LogP contribution in [0.2, 0.25) is 5.02 Å². The van der Waals surface area contributed by atoms with Gasteiger partial charge in [-0.05, 0) is 11.6 Å². The first-order valence-electron chi connectivity index (χ1n) is 5.22. The van der Waals surface area contributed by atoms with E-state index in [-0.39, 0.29) is 6.61 Å². The monoisotopic (exact) mass is 261 g/mol. The lowest BCUT2D eigenvalue weighted by molar-refractivity contribution is 0.0537. The molecule has 0 spiro atoms. The van der Waals surface area contributed by atoms with Crippen molar-refractivity contribution < 1.29 is 19.3 Å². The molecule has 1 aromatic heterocycles. The molecule has 0 aromatic carbocycles. The zero-order valence-electron chi connectivity index (χ0n) is 9.69. The molecule has 96 valence electrons. The molecule has 1 N–H and O–H groups in total. The largest absolute Gasteiger partial charge is 0.474 e. The summed E-state index contributed by atoms with van der Waals surface area (Å²) < 4.78 is 15.4. The van der Waals surface area contributed by atoms with Gasteiger partial charge in [-0.15, -0.1) is 0 Å². The van der Waals surface area contributed by atoms with Crippen LogP contribution in [0.15, 0.2) is 12.3 Å². The van der Waals surface area contributed by atoms with Crippen molar-refractivity contribution in [3.05, 3.63) is 22.8 Å². The van der Waals surface area contributed by atoms with Gasteiger partial charge in [-0.2, -0.15) is 0 Å². The topological polar surface area (TPSA) is 60.8 Å². The molecule has 6 heteroatoms. The number of hydrogen-bond donors (Lipinski definition) is 1. The summed E-state index contributed by atoms with van der Waals surface area (Å²) in [5.41, 5.74) is 0.652. The summed E-state index contributed by atoms with van der Waals surface area (Å²) in [7, 11) is 1.62. The Morgan fingerprint density at radius 1 is 1.29 bits per heavy atom. The average molecular weight is 262 g/mol. The number of ether oxygens (including phenoxy) is 3. The minimum absolute atomic E-state index is 0.0901. The minimum Gasteiger partial charge on any atom is -0.474 e. The SMILES string of the molecule is COCCOCCOc1ncc(CO)cc1Cl. The second-order valence-corrected chi connectivity index (χ2v) is 3.65. The predicted molar refractivity (Wildman–Crippen MR) is 63.4 cm³/mol. The normalized spacial score (nSPS) is 10.5. The summed E-state index contributed by atoms with van der Waals surface area (Å²) in [6.07, 6.45) is 1.52. The van der Waals surface area contributed by atoms with Gasteiger partial charge in [0.1, 0.15) is 11.6 Å². The Morgan fingerprint density at radius 3 is 2.71 bits per heavy atom. The second kappa shape index (κ2) is 8.25. The van der Waals surface area contributed by atoms with Gasteiger partial charge >= 0.3 is 0 Å². The molecule has 0 radical (unpaired) electrons. The van der Waals surface area contributed by atoms with Crippen molar-refractivity contribution in [3.63, 3.8) is 0 Å². The maximum absolute atomic E-state index is 8.88. The fourth-order valence-electron chi connectivity index (χ4n) is 1.10. The molecule has 0 amide bonds. The van der Waals surface area contributed by atoms with E-state index >= 15 is 0 Å². The minimum atomic E-state index is -0.0901. The Balaban J connectivity index is 2.27. The molecule has 1 heterocycles. The van der Waals surface area contributed by atoms with Gasteiger partial charge in [-0.25, -0.2) is 4.98 Å². The Morgan fingerprint density at radius 2 is 2.06 bits per heavy atom. The van der Waals surface area contributed by atoms with Crippen molar-refractivity contribution in [3.8, 4) is 5.88 Å². The van der Waals surface area contributed by atoms with Crippen LogP contribution in [0.5, 0.6) is 5.88 Å². The van der Waals surface area contributed by atoms with Crippen LogP contribution < -0.4 is 4.74 Å². The van der Waals surface area contributed by atoms with Gasteiger partial charge in [-0.3, -0.25) is 0 Å². The standard InChI is InChI=1S/C11H16ClNO4/c1-15-2-3-16-4-5-17-11-10(12)6-9(8-14)7-13-11/h6-7,14H,2-5,8H2,1H3. The zero-order chi connectivity index (χ0) is 12.5. The van der Waals surface area contributed by atoms with Crippen molar-refractivity contribution in [2.75, 3.05) is 33.5 Å². The van der Waals surface area contributed by atoms with E-state index in [9.17, 15) is 0 Å². The highest BCUT2D eigenvalue weighted by atomic mass is 35.5. The van der Waals surface area contributed by atoms with Crippen molar-refractivity contribution >= 4 is 11.6 Å². The van der Waals surface area contributed by atoms with Crippen LogP contribution in [0.25, 0.3) is 0 Å². The van der Waals surface area contributed by atoms with Crippen molar-refractivity contribution in [2.24, 2.45) is 0 Å². The smallest absolute Gasteiger partial charge is 0.232 e. The molecule has 0 saturated carbocycles. The number of hydrogen-bond acceptors (Lipinski definition) is 5. The van der Waals surface area contributed by atoms with Crippen molar-refractivity contribution in [1.82, 2.24) is 4.98 Å². The molecule has 0 saturated heterocycles. The first-order chi connectivity index (χ1) is 8.27. The van der Waals surface area contributed by atoms with Gasteiger partial charge in [0.25, 0.3) is 0 Å². The molecule has 0 unspecified atom stereocenters. The first-order valence-corrected chi connectivity index (χ1v) is 5.60. The van der Waals surface area contributed by atoms with E-state index in [0.717, 1.165) is 0 Å². The molecule has 0 aliphatic rings. The van der Waals surface area contributed by atoms with Crippen LogP contribution in [-0.4, -0.2) is 43.6 Å². The number of aliphatic hydroxyl groups excluding tert-OH is 1. The number of halogens is 1. The van der Waals surface area contributed by atoms with Crippen molar-refractivity contribution in [2.45, 2.75) is 6.61 Å². The highest BCUT2D eigenvalue weighted by molar-refractivity contribution is 6.31. The number of aliphatic hydroxyl groups is 1. The van der Waals surface area contributed by atoms with E-state index in [2.05, 4.69) is 4.98 Å². The molecule has 0 aliphatic heterocycles. The number of nitrogens with zero attached hydrogens (tertiary/aromatic N) is 1. The lowest BCUT2D eigenvalue weighted by Crippen LogP contribution is -2.10. The summed E-state index contributed by atoms with van der Waals surface area (Å²) in [4.78, 5) is 3.99. The number of pyridine rings is 1. The lowest BCUT2D eigenvalue weighted by atomic mass is 10.3. The Bertz CT molecular complexity index is 335. The number of methoxy groups -OCH3 is 1. The fourth-order valence-corrected chi connectivity index (χ4v) is 1.34. The number of aromatic nitrogens is 1. The molecule has 5 nitrogen and oxygen atoms in total. The van der Waals surface area contributed by atoms with E-state index < -0.39 is 0 Å². The van der Waals surface area contributed by atoms with Gasteiger partial charge in [-0.1, -0.05) is 11.6 Å². The molecular weight excluding hydrogens is 246 g/mol. The van der Waals surface area contributed by atoms with E-state index in [1.165, 1.54) is 6.20 Å². The first kappa shape index (κ1) is 14.2. The Hall–Kier alpha value is -0.880. The summed E-state index contributed by atoms with van der Waals surface area (Å²) >= 11 is 5.91. The average Bonchev–Trinajstić information content (AvgIpc) is 2.35. The van der Waals surface area contributed by atoms with Crippen LogP contribution >= 0.6 is 11.6 Å². The van der Waals surface area contributed by atoms with Crippen LogP contribution in [0.4, 0.5) is 0 Å². The zero-order valence-corrected chi connectivity index (χ0v) is 10.4. The molecule has 0 aliphatic carbocycles. The van der Waals surface area contributed by atoms with Gasteiger partial charge < -0.3 is 19.3 Å². The lowest BCUT2D eigenvalue weighted by Gasteiger charge is -2.08. The maximum atomic E-state index is 8.88. The molecular formula is C11H16ClNO4. The summed E-state index contributed by atoms with van der Waals surface area (Å²) in [6, 6.07) is 1.62. The predicted octanol–water partition coefficient (Wildman–Crippen LogP) is 1.27. The third-order valence-corrected chi connectivity index (χ3v) is 2.22. The molecule has 17 heavy (non-hydrogen) atoms. The van der Waals surface area contributed by atoms with E-state index in [4.69, 9.17) is 30.9 Å². The maximum Gasteiger partial charge on any atom is 0.232 e. The summed E-state index contributed by atoms with van der Waals surface area (Å²) in [5.74, 6) is 0.346. The van der Waals surface area contributed by atoms with Crippen LogP contribution in [0.1, 0.15) is 5.56 Å². The highest BCUT2D eigenvalue weighted by Crippen LogP contribution is 2.22. The number of rotatable bonds is 8. The summed E-state index contributed by atoms with van der Waals surface area (Å²) in [5, 5.41) is 9.26. The van der Waals surface area contributed by atoms with E-state index in [0.29, 0.717) is 42.9 Å². The van der Waals surface area contributed by atoms with E-state index in [1.807, 2.05) is 0 Å². The van der Waals surface area contributed by atoms with Gasteiger partial charge in [0.2, 0.25) is 5.88 Å². The second-order valence-electron chi connectivity index (χ2n) is 3.24. The highest BCUT2D eigenvalue weighted by Gasteiger charge is 2.04. The quantitative estimate of drug-likeness (QED) is 0.714. The third-order valence-electron chi connectivity index (χ3n) is 1.94. The summed E-state index contributed by atoms with van der Waals surface area (Å²) in [6.45, 7) is 1.82. The Labute approximate surface area is 105 Å². The molecule has 0 atom stereocenters. The molecule has 1 aromatic rings. The van der Waals surface area contributed by atoms with Crippen LogP contribution in [0.3, 0.4) is 0 Å². The molecule has 0 fully saturated rings. The molecule has 1 rings (SSSR count). The van der Waals surface area contributed by atoms with Gasteiger partial charge in [0.15, 0.2) is 0 Å². The van der Waals surface area contributed by atoms with Crippen LogP contribution in [0, 0.1) is 0 Å². The van der Waals surface area contributed by atoms with E-state index in [1.54, 1.807) is 13.2 Å². The molecule has 0 bridgehead atoms.